The van der Waals surface area contributed by atoms with E-state index in [1.54, 1.807) is 13.1 Å². The van der Waals surface area contributed by atoms with Gasteiger partial charge in [-0.15, -0.1) is 0 Å². The van der Waals surface area contributed by atoms with Crippen LogP contribution in [0, 0.1) is 19.7 Å². The highest BCUT2D eigenvalue weighted by Crippen LogP contribution is 2.19. The van der Waals surface area contributed by atoms with E-state index < -0.39 is 11.9 Å². The zero-order valence-corrected chi connectivity index (χ0v) is 17.9. The second-order valence-corrected chi connectivity index (χ2v) is 7.73. The Balaban J connectivity index is 1.79. The molecule has 0 aliphatic rings. The minimum Gasteiger partial charge on any atom is -0.321 e. The molecule has 31 heavy (non-hydrogen) atoms. The zero-order valence-electron chi connectivity index (χ0n) is 17.9. The molecule has 5 nitrogen and oxygen atoms in total. The zero-order chi connectivity index (χ0) is 22.4. The van der Waals surface area contributed by atoms with E-state index in [2.05, 4.69) is 10.6 Å². The van der Waals surface area contributed by atoms with Crippen LogP contribution >= 0.6 is 0 Å². The van der Waals surface area contributed by atoms with E-state index in [-0.39, 0.29) is 18.4 Å². The second-order valence-electron chi connectivity index (χ2n) is 7.73. The van der Waals surface area contributed by atoms with Crippen LogP contribution in [-0.4, -0.2) is 25.4 Å². The third-order valence-electron chi connectivity index (χ3n) is 5.09. The van der Waals surface area contributed by atoms with Crippen LogP contribution < -0.4 is 15.5 Å². The van der Waals surface area contributed by atoms with Crippen molar-refractivity contribution in [1.82, 2.24) is 0 Å². The molecule has 160 valence electrons. The number of aryl methyl sites for hydroxylation is 2. The Morgan fingerprint density at radius 1 is 0.935 bits per heavy atom. The van der Waals surface area contributed by atoms with Gasteiger partial charge in [-0.05, 0) is 49.2 Å². The summed E-state index contributed by atoms with van der Waals surface area (Å²) in [4.78, 5) is 26.5. The van der Waals surface area contributed by atoms with Gasteiger partial charge in [0.1, 0.15) is 5.82 Å². The summed E-state index contributed by atoms with van der Waals surface area (Å²) in [5.74, 6) is -0.923. The Morgan fingerprint density at radius 3 is 2.39 bits per heavy atom. The molecule has 0 aromatic heterocycles. The van der Waals surface area contributed by atoms with Crippen molar-refractivity contribution in [3.8, 4) is 0 Å². The monoisotopic (exact) mass is 420 g/mol. The smallest absolute Gasteiger partial charge is 0.287 e. The lowest BCUT2D eigenvalue weighted by Crippen LogP contribution is -3.11. The van der Waals surface area contributed by atoms with Gasteiger partial charge < -0.3 is 15.5 Å². The van der Waals surface area contributed by atoms with Crippen LogP contribution in [0.2, 0.25) is 0 Å². The van der Waals surface area contributed by atoms with E-state index in [9.17, 15) is 14.0 Å². The molecular formula is C25H27FN3O2+. The third-order valence-corrected chi connectivity index (χ3v) is 5.09. The predicted molar refractivity (Wildman–Crippen MR) is 121 cm³/mol. The molecule has 0 fully saturated rings. The first-order valence-corrected chi connectivity index (χ1v) is 10.1. The lowest BCUT2D eigenvalue weighted by molar-refractivity contribution is -0.893. The number of hydrogen-bond acceptors (Lipinski definition) is 2. The van der Waals surface area contributed by atoms with Crippen LogP contribution in [0.25, 0.3) is 0 Å². The van der Waals surface area contributed by atoms with Crippen LogP contribution in [0.3, 0.4) is 0 Å². The fourth-order valence-corrected chi connectivity index (χ4v) is 3.51. The highest BCUT2D eigenvalue weighted by atomic mass is 19.1. The summed E-state index contributed by atoms with van der Waals surface area (Å²) < 4.78 is 13.4. The summed E-state index contributed by atoms with van der Waals surface area (Å²) in [7, 11) is 1.80. The van der Waals surface area contributed by atoms with Crippen LogP contribution in [0.1, 0.15) is 22.7 Å². The topological polar surface area (TPSA) is 62.6 Å². The summed E-state index contributed by atoms with van der Waals surface area (Å²) in [5.41, 5.74) is 3.96. The van der Waals surface area contributed by atoms with Gasteiger partial charge in [-0.2, -0.15) is 0 Å². The van der Waals surface area contributed by atoms with Gasteiger partial charge in [0.15, 0.2) is 12.6 Å². The van der Waals surface area contributed by atoms with E-state index in [1.165, 1.54) is 18.2 Å². The third kappa shape index (κ3) is 5.99. The number of halogens is 1. The highest BCUT2D eigenvalue weighted by Gasteiger charge is 2.30. The van der Waals surface area contributed by atoms with Gasteiger partial charge in [0.05, 0.1) is 7.05 Å². The average molecular weight is 421 g/mol. The van der Waals surface area contributed by atoms with E-state index in [0.717, 1.165) is 22.4 Å². The maximum absolute atomic E-state index is 13.4. The molecule has 3 rings (SSSR count). The fourth-order valence-electron chi connectivity index (χ4n) is 3.51. The van der Waals surface area contributed by atoms with Crippen molar-refractivity contribution in [2.24, 2.45) is 0 Å². The number of likely N-dealkylation sites (N-methyl/N-ethyl adjacent to an activating group) is 1. The summed E-state index contributed by atoms with van der Waals surface area (Å²) in [6.45, 7) is 3.95. The molecule has 0 radical (unpaired) electrons. The molecule has 0 saturated carbocycles. The molecule has 2 amide bonds. The summed E-state index contributed by atoms with van der Waals surface area (Å²) >= 11 is 0. The van der Waals surface area contributed by atoms with Gasteiger partial charge >= 0.3 is 0 Å². The van der Waals surface area contributed by atoms with Gasteiger partial charge in [-0.25, -0.2) is 4.39 Å². The largest absolute Gasteiger partial charge is 0.321 e. The predicted octanol–water partition coefficient (Wildman–Crippen LogP) is 3.28. The summed E-state index contributed by atoms with van der Waals surface area (Å²) in [6, 6.07) is 20.4. The standard InChI is InChI=1S/C25H26FN3O2/c1-17-12-13-18(2)22(14-17)28-25(31)24(19-8-5-4-6-9-19)29(3)16-23(30)27-21-11-7-10-20(26)15-21/h4-15,24H,16H2,1-3H3,(H,27,30)(H,28,31)/p+1/t24-/m0/s1. The number of quaternary nitrogens is 1. The number of anilines is 2. The quantitative estimate of drug-likeness (QED) is 0.549. The molecule has 0 spiro atoms. The Hall–Kier alpha value is -3.51. The molecule has 0 aliphatic heterocycles. The lowest BCUT2D eigenvalue weighted by Gasteiger charge is -2.24. The number of hydrogen-bond donors (Lipinski definition) is 3. The van der Waals surface area contributed by atoms with E-state index in [4.69, 9.17) is 0 Å². The molecule has 3 aromatic rings. The number of carbonyl (C=O) groups is 2. The minimum absolute atomic E-state index is 0.0380. The van der Waals surface area contributed by atoms with Crippen molar-refractivity contribution in [3.05, 3.63) is 95.3 Å². The lowest BCUT2D eigenvalue weighted by atomic mass is 10.0. The van der Waals surface area contributed by atoms with Crippen molar-refractivity contribution >= 4 is 23.2 Å². The molecule has 1 unspecified atom stereocenters. The molecule has 6 heteroatoms. The summed E-state index contributed by atoms with van der Waals surface area (Å²) in [6.07, 6.45) is 0. The van der Waals surface area contributed by atoms with Crippen LogP contribution in [0.4, 0.5) is 15.8 Å². The van der Waals surface area contributed by atoms with Crippen molar-refractivity contribution in [2.75, 3.05) is 24.2 Å². The first-order chi connectivity index (χ1) is 14.8. The Kier molecular flexibility index (Phi) is 7.15. The number of benzene rings is 3. The van der Waals surface area contributed by atoms with Crippen LogP contribution in [0.5, 0.6) is 0 Å². The van der Waals surface area contributed by atoms with Crippen molar-refractivity contribution in [1.29, 1.82) is 0 Å². The van der Waals surface area contributed by atoms with E-state index >= 15 is 0 Å². The number of nitrogens with one attached hydrogen (secondary N) is 3. The van der Waals surface area contributed by atoms with Crippen molar-refractivity contribution < 1.29 is 18.9 Å². The van der Waals surface area contributed by atoms with Gasteiger partial charge in [0.25, 0.3) is 11.8 Å². The average Bonchev–Trinajstić information content (AvgIpc) is 2.71. The van der Waals surface area contributed by atoms with Gasteiger partial charge in [0, 0.05) is 16.9 Å². The van der Waals surface area contributed by atoms with E-state index in [1.807, 2.05) is 62.4 Å². The highest BCUT2D eigenvalue weighted by molar-refractivity contribution is 5.96. The molecule has 0 aliphatic carbocycles. The maximum atomic E-state index is 13.4. The Labute approximate surface area is 181 Å². The number of rotatable bonds is 7. The molecule has 2 atom stereocenters. The molecule has 0 saturated heterocycles. The van der Waals surface area contributed by atoms with Crippen molar-refractivity contribution in [3.63, 3.8) is 0 Å². The summed E-state index contributed by atoms with van der Waals surface area (Å²) in [5, 5.41) is 5.71. The molecular weight excluding hydrogens is 393 g/mol. The molecule has 0 bridgehead atoms. The van der Waals surface area contributed by atoms with Crippen LogP contribution in [0.15, 0.2) is 72.8 Å². The Bertz CT molecular complexity index is 1070. The van der Waals surface area contributed by atoms with Crippen LogP contribution in [-0.2, 0) is 9.59 Å². The fraction of sp³-hybridized carbons (Fsp3) is 0.200. The second kappa shape index (κ2) is 10.00. The maximum Gasteiger partial charge on any atom is 0.287 e. The van der Waals surface area contributed by atoms with Gasteiger partial charge in [-0.1, -0.05) is 48.5 Å². The number of amides is 2. The molecule has 3 aromatic carbocycles. The minimum atomic E-state index is -0.598. The molecule has 0 heterocycles. The number of carbonyl (C=O) groups excluding carboxylic acids is 2. The first kappa shape index (κ1) is 22.2. The normalized spacial score (nSPS) is 12.6. The first-order valence-electron chi connectivity index (χ1n) is 10.1. The Morgan fingerprint density at radius 2 is 1.68 bits per heavy atom. The van der Waals surface area contributed by atoms with Gasteiger partial charge in [0.2, 0.25) is 0 Å². The van der Waals surface area contributed by atoms with Gasteiger partial charge in [-0.3, -0.25) is 9.59 Å². The van der Waals surface area contributed by atoms with E-state index in [0.29, 0.717) is 10.6 Å². The SMILES string of the molecule is Cc1ccc(C)c(NC(=O)[C@H](c2ccccc2)[NH+](C)CC(=O)Nc2cccc(F)c2)c1. The molecule has 3 N–H and O–H groups in total. The van der Waals surface area contributed by atoms with Crippen molar-refractivity contribution in [2.45, 2.75) is 19.9 Å².